The molecule has 0 bridgehead atoms. The zero-order valence-electron chi connectivity index (χ0n) is 10.3. The van der Waals surface area contributed by atoms with E-state index in [-0.39, 0.29) is 18.9 Å². The van der Waals surface area contributed by atoms with E-state index in [9.17, 15) is 22.8 Å². The fraction of sp³-hybridized carbons (Fsp3) is 0.800. The van der Waals surface area contributed by atoms with Gasteiger partial charge in [0.25, 0.3) is 0 Å². The molecule has 0 spiro atoms. The standard InChI is InChI=1S/C10H17F3N2O3/c1-3-7(4-8(16)17)5-14-9(18)15(2)6-10(11,12)13/h7H,3-6H2,1-2H3,(H,14,18)(H,16,17). The molecule has 1 atom stereocenters. The quantitative estimate of drug-likeness (QED) is 0.771. The Balaban J connectivity index is 4.11. The number of halogens is 3. The molecule has 8 heteroatoms. The van der Waals surface area contributed by atoms with Crippen LogP contribution in [0.3, 0.4) is 0 Å². The topological polar surface area (TPSA) is 69.6 Å². The summed E-state index contributed by atoms with van der Waals surface area (Å²) in [5, 5.41) is 10.9. The van der Waals surface area contributed by atoms with E-state index in [4.69, 9.17) is 5.11 Å². The van der Waals surface area contributed by atoms with Crippen LogP contribution in [0.1, 0.15) is 19.8 Å². The Labute approximate surface area is 103 Å². The lowest BCUT2D eigenvalue weighted by Gasteiger charge is -2.21. The van der Waals surface area contributed by atoms with Gasteiger partial charge in [0, 0.05) is 20.0 Å². The minimum absolute atomic E-state index is 0.0455. The number of carbonyl (C=O) groups is 2. The van der Waals surface area contributed by atoms with E-state index in [2.05, 4.69) is 5.32 Å². The number of nitrogens with one attached hydrogen (secondary N) is 1. The van der Waals surface area contributed by atoms with E-state index in [1.807, 2.05) is 0 Å². The second-order valence-corrected chi connectivity index (χ2v) is 4.03. The summed E-state index contributed by atoms with van der Waals surface area (Å²) >= 11 is 0. The monoisotopic (exact) mass is 270 g/mol. The fourth-order valence-corrected chi connectivity index (χ4v) is 1.32. The van der Waals surface area contributed by atoms with Crippen LogP contribution in [-0.4, -0.2) is 48.3 Å². The first-order valence-electron chi connectivity index (χ1n) is 5.43. The number of aliphatic carboxylic acids is 1. The molecule has 5 nitrogen and oxygen atoms in total. The van der Waals surface area contributed by atoms with Crippen molar-refractivity contribution in [1.29, 1.82) is 0 Å². The van der Waals surface area contributed by atoms with Crippen molar-refractivity contribution in [2.24, 2.45) is 5.92 Å². The SMILES string of the molecule is CCC(CNC(=O)N(C)CC(F)(F)F)CC(=O)O. The summed E-state index contributed by atoms with van der Waals surface area (Å²) in [5.74, 6) is -1.29. The average Bonchev–Trinajstić information content (AvgIpc) is 2.20. The van der Waals surface area contributed by atoms with Gasteiger partial charge in [-0.2, -0.15) is 13.2 Å². The van der Waals surface area contributed by atoms with Crippen molar-refractivity contribution in [3.63, 3.8) is 0 Å². The largest absolute Gasteiger partial charge is 0.481 e. The van der Waals surface area contributed by atoms with E-state index in [1.54, 1.807) is 6.92 Å². The lowest BCUT2D eigenvalue weighted by Crippen LogP contribution is -2.43. The molecule has 0 rings (SSSR count). The molecule has 0 fully saturated rings. The van der Waals surface area contributed by atoms with Crippen LogP contribution in [0.4, 0.5) is 18.0 Å². The maximum Gasteiger partial charge on any atom is 0.406 e. The molecule has 0 aromatic carbocycles. The Morgan fingerprint density at radius 2 is 1.94 bits per heavy atom. The van der Waals surface area contributed by atoms with Gasteiger partial charge in [-0.1, -0.05) is 13.3 Å². The van der Waals surface area contributed by atoms with Gasteiger partial charge in [-0.15, -0.1) is 0 Å². The molecular weight excluding hydrogens is 253 g/mol. The van der Waals surface area contributed by atoms with Crippen molar-refractivity contribution < 1.29 is 27.9 Å². The van der Waals surface area contributed by atoms with E-state index < -0.39 is 24.7 Å². The molecule has 18 heavy (non-hydrogen) atoms. The van der Waals surface area contributed by atoms with Crippen LogP contribution in [0.5, 0.6) is 0 Å². The molecule has 0 aromatic heterocycles. The third-order valence-electron chi connectivity index (χ3n) is 2.35. The normalized spacial score (nSPS) is 12.9. The van der Waals surface area contributed by atoms with Crippen molar-refractivity contribution in [1.82, 2.24) is 10.2 Å². The van der Waals surface area contributed by atoms with E-state index in [0.717, 1.165) is 7.05 Å². The highest BCUT2D eigenvalue weighted by atomic mass is 19.4. The van der Waals surface area contributed by atoms with Gasteiger partial charge in [-0.3, -0.25) is 4.79 Å². The molecule has 0 saturated carbocycles. The van der Waals surface area contributed by atoms with Gasteiger partial charge in [0.2, 0.25) is 0 Å². The number of hydrogen-bond donors (Lipinski definition) is 2. The lowest BCUT2D eigenvalue weighted by molar-refractivity contribution is -0.138. The van der Waals surface area contributed by atoms with Gasteiger partial charge in [0.15, 0.2) is 0 Å². The smallest absolute Gasteiger partial charge is 0.406 e. The number of amides is 2. The summed E-state index contributed by atoms with van der Waals surface area (Å²) < 4.78 is 36.0. The van der Waals surface area contributed by atoms with E-state index in [1.165, 1.54) is 0 Å². The van der Waals surface area contributed by atoms with Gasteiger partial charge >= 0.3 is 18.2 Å². The number of carboxylic acid groups (broad SMARTS) is 1. The summed E-state index contributed by atoms with van der Waals surface area (Å²) in [6.07, 6.45) is -4.05. The third-order valence-corrected chi connectivity index (χ3v) is 2.35. The van der Waals surface area contributed by atoms with Crippen LogP contribution in [0.15, 0.2) is 0 Å². The van der Waals surface area contributed by atoms with Crippen LogP contribution >= 0.6 is 0 Å². The predicted octanol–water partition coefficient (Wildman–Crippen LogP) is 1.69. The Bertz CT molecular complexity index is 295. The molecule has 2 N–H and O–H groups in total. The van der Waals surface area contributed by atoms with Crippen molar-refractivity contribution in [3.05, 3.63) is 0 Å². The highest BCUT2D eigenvalue weighted by molar-refractivity contribution is 5.74. The van der Waals surface area contributed by atoms with E-state index >= 15 is 0 Å². The number of carbonyl (C=O) groups excluding carboxylic acids is 1. The second-order valence-electron chi connectivity index (χ2n) is 4.03. The minimum Gasteiger partial charge on any atom is -0.481 e. The Morgan fingerprint density at radius 1 is 1.39 bits per heavy atom. The van der Waals surface area contributed by atoms with Crippen molar-refractivity contribution in [3.8, 4) is 0 Å². The zero-order valence-corrected chi connectivity index (χ0v) is 10.3. The van der Waals surface area contributed by atoms with Crippen LogP contribution in [0.2, 0.25) is 0 Å². The first-order valence-corrected chi connectivity index (χ1v) is 5.43. The Morgan fingerprint density at radius 3 is 2.33 bits per heavy atom. The van der Waals surface area contributed by atoms with Gasteiger partial charge in [-0.25, -0.2) is 4.79 Å². The molecule has 0 aliphatic heterocycles. The first-order chi connectivity index (χ1) is 8.15. The first kappa shape index (κ1) is 16.5. The molecule has 0 aromatic rings. The number of urea groups is 1. The molecule has 0 radical (unpaired) electrons. The molecule has 106 valence electrons. The van der Waals surface area contributed by atoms with Gasteiger partial charge < -0.3 is 15.3 Å². The zero-order chi connectivity index (χ0) is 14.3. The van der Waals surface area contributed by atoms with Crippen molar-refractivity contribution >= 4 is 12.0 Å². The van der Waals surface area contributed by atoms with Gasteiger partial charge in [0.05, 0.1) is 0 Å². The number of alkyl halides is 3. The maximum absolute atomic E-state index is 12.0. The lowest BCUT2D eigenvalue weighted by atomic mass is 10.0. The predicted molar refractivity (Wildman–Crippen MR) is 58.1 cm³/mol. The summed E-state index contributed by atoms with van der Waals surface area (Å²) in [6.45, 7) is 0.456. The second kappa shape index (κ2) is 7.07. The molecule has 1 unspecified atom stereocenters. The maximum atomic E-state index is 12.0. The van der Waals surface area contributed by atoms with Gasteiger partial charge in [0.1, 0.15) is 6.54 Å². The fourth-order valence-electron chi connectivity index (χ4n) is 1.32. The van der Waals surface area contributed by atoms with Crippen molar-refractivity contribution in [2.45, 2.75) is 25.9 Å². The summed E-state index contributed by atoms with van der Waals surface area (Å²) in [7, 11) is 1.03. The number of rotatable bonds is 6. The number of hydrogen-bond acceptors (Lipinski definition) is 2. The van der Waals surface area contributed by atoms with Crippen molar-refractivity contribution in [2.75, 3.05) is 20.1 Å². The van der Waals surface area contributed by atoms with Gasteiger partial charge in [-0.05, 0) is 5.92 Å². The van der Waals surface area contributed by atoms with Crippen LogP contribution in [-0.2, 0) is 4.79 Å². The summed E-state index contributed by atoms with van der Waals surface area (Å²) in [5.41, 5.74) is 0. The highest BCUT2D eigenvalue weighted by Crippen LogP contribution is 2.15. The van der Waals surface area contributed by atoms with E-state index in [0.29, 0.717) is 11.3 Å². The number of carboxylic acids is 1. The highest BCUT2D eigenvalue weighted by Gasteiger charge is 2.31. The molecule has 0 aliphatic carbocycles. The Hall–Kier alpha value is -1.47. The number of nitrogens with zero attached hydrogens (tertiary/aromatic N) is 1. The Kier molecular flexibility index (Phi) is 6.50. The summed E-state index contributed by atoms with van der Waals surface area (Å²) in [4.78, 5) is 22.3. The molecule has 0 saturated heterocycles. The molecular formula is C10H17F3N2O3. The summed E-state index contributed by atoms with van der Waals surface area (Å²) in [6, 6.07) is -0.865. The average molecular weight is 270 g/mol. The van der Waals surface area contributed by atoms with Crippen LogP contribution < -0.4 is 5.32 Å². The molecule has 2 amide bonds. The minimum atomic E-state index is -4.45. The van der Waals surface area contributed by atoms with Crippen LogP contribution in [0, 0.1) is 5.92 Å². The van der Waals surface area contributed by atoms with Crippen LogP contribution in [0.25, 0.3) is 0 Å². The third kappa shape index (κ3) is 7.75. The molecule has 0 heterocycles. The molecule has 0 aliphatic rings.